The van der Waals surface area contributed by atoms with E-state index in [1.807, 2.05) is 0 Å². The summed E-state index contributed by atoms with van der Waals surface area (Å²) in [6.45, 7) is 0. The molecule has 0 aliphatic heterocycles. The molecule has 0 amide bonds. The summed E-state index contributed by atoms with van der Waals surface area (Å²) in [6, 6.07) is 6.63. The molecule has 0 radical (unpaired) electrons. The molecule has 20 heavy (non-hydrogen) atoms. The number of benzene rings is 1. The fourth-order valence-electron chi connectivity index (χ4n) is 1.53. The fraction of sp³-hybridized carbons (Fsp3) is 0.0714. The fourth-order valence-corrected chi connectivity index (χ4v) is 1.53. The average Bonchev–Trinajstić information content (AvgIpc) is 2.35. The van der Waals surface area contributed by atoms with Crippen molar-refractivity contribution in [2.75, 3.05) is 0 Å². The van der Waals surface area contributed by atoms with Crippen LogP contribution in [-0.2, 0) is 6.18 Å². The zero-order chi connectivity index (χ0) is 14.8. The van der Waals surface area contributed by atoms with Crippen LogP contribution in [0.3, 0.4) is 0 Å². The van der Waals surface area contributed by atoms with Crippen LogP contribution in [0, 0.1) is 0 Å². The molecule has 2 aromatic rings. The van der Waals surface area contributed by atoms with E-state index in [2.05, 4.69) is 0 Å². The predicted octanol–water partition coefficient (Wildman–Crippen LogP) is 3.53. The van der Waals surface area contributed by atoms with E-state index in [4.69, 9.17) is 4.42 Å². The van der Waals surface area contributed by atoms with E-state index < -0.39 is 17.4 Å². The van der Waals surface area contributed by atoms with E-state index in [1.54, 1.807) is 0 Å². The Morgan fingerprint density at radius 1 is 1.05 bits per heavy atom. The Balaban J connectivity index is 2.21. The lowest BCUT2D eigenvalue weighted by Crippen LogP contribution is -2.03. The van der Waals surface area contributed by atoms with E-state index in [9.17, 15) is 23.1 Å². The van der Waals surface area contributed by atoms with Crippen molar-refractivity contribution < 1.29 is 22.7 Å². The molecule has 0 aliphatic rings. The largest absolute Gasteiger partial charge is 0.508 e. The van der Waals surface area contributed by atoms with E-state index >= 15 is 0 Å². The van der Waals surface area contributed by atoms with E-state index in [1.165, 1.54) is 30.4 Å². The second-order valence-electron chi connectivity index (χ2n) is 3.99. The van der Waals surface area contributed by atoms with E-state index in [0.717, 1.165) is 18.2 Å². The first-order valence-corrected chi connectivity index (χ1v) is 5.54. The standard InChI is InChI=1S/C14H9F3O3/c15-14(16,17)10-4-1-9(2-5-10)3-6-12-7-11(18)8-13(19)20-12/h1-8,18H/b6-3+. The molecule has 0 fully saturated rings. The van der Waals surface area contributed by atoms with Gasteiger partial charge in [-0.15, -0.1) is 0 Å². The van der Waals surface area contributed by atoms with Crippen LogP contribution in [0.15, 0.2) is 45.6 Å². The molecule has 1 heterocycles. The van der Waals surface area contributed by atoms with Gasteiger partial charge in [-0.1, -0.05) is 18.2 Å². The third kappa shape index (κ3) is 3.50. The summed E-state index contributed by atoms with van der Waals surface area (Å²) in [5.41, 5.74) is -0.945. The maximum atomic E-state index is 12.4. The quantitative estimate of drug-likeness (QED) is 0.916. The first-order valence-electron chi connectivity index (χ1n) is 5.54. The Morgan fingerprint density at radius 2 is 1.70 bits per heavy atom. The molecule has 2 rings (SSSR count). The monoisotopic (exact) mass is 282 g/mol. The summed E-state index contributed by atoms with van der Waals surface area (Å²) < 4.78 is 41.9. The second kappa shape index (κ2) is 5.24. The van der Waals surface area contributed by atoms with Gasteiger partial charge in [0.05, 0.1) is 11.6 Å². The Hall–Kier alpha value is -2.50. The highest BCUT2D eigenvalue weighted by Crippen LogP contribution is 2.29. The molecule has 1 aromatic carbocycles. The van der Waals surface area contributed by atoms with Crippen LogP contribution < -0.4 is 5.63 Å². The van der Waals surface area contributed by atoms with Gasteiger partial charge in [-0.2, -0.15) is 13.2 Å². The smallest absolute Gasteiger partial charge is 0.416 e. The first-order chi connectivity index (χ1) is 9.34. The predicted molar refractivity (Wildman–Crippen MR) is 67.0 cm³/mol. The molecule has 3 nitrogen and oxygen atoms in total. The molecule has 0 saturated heterocycles. The van der Waals surface area contributed by atoms with Gasteiger partial charge in [-0.3, -0.25) is 0 Å². The van der Waals surface area contributed by atoms with Crippen molar-refractivity contribution in [1.82, 2.24) is 0 Å². The maximum Gasteiger partial charge on any atom is 0.416 e. The Bertz CT molecular complexity index is 682. The Kier molecular flexibility index (Phi) is 3.65. The minimum Gasteiger partial charge on any atom is -0.508 e. The number of hydrogen-bond acceptors (Lipinski definition) is 3. The summed E-state index contributed by atoms with van der Waals surface area (Å²) in [5, 5.41) is 9.20. The summed E-state index contributed by atoms with van der Waals surface area (Å²) in [5.74, 6) is -0.136. The molecule has 104 valence electrons. The number of hydrogen-bond donors (Lipinski definition) is 1. The molecular weight excluding hydrogens is 273 g/mol. The van der Waals surface area contributed by atoms with Crippen molar-refractivity contribution in [1.29, 1.82) is 0 Å². The van der Waals surface area contributed by atoms with Crippen molar-refractivity contribution in [2.24, 2.45) is 0 Å². The van der Waals surface area contributed by atoms with Crippen molar-refractivity contribution >= 4 is 12.2 Å². The lowest BCUT2D eigenvalue weighted by molar-refractivity contribution is -0.137. The lowest BCUT2D eigenvalue weighted by atomic mass is 10.1. The Morgan fingerprint density at radius 3 is 2.25 bits per heavy atom. The topological polar surface area (TPSA) is 50.4 Å². The van der Waals surface area contributed by atoms with Crippen molar-refractivity contribution in [2.45, 2.75) is 6.18 Å². The minimum absolute atomic E-state index is 0.106. The Labute approximate surface area is 111 Å². The number of alkyl halides is 3. The van der Waals surface area contributed by atoms with Gasteiger partial charge in [0, 0.05) is 6.07 Å². The zero-order valence-corrected chi connectivity index (χ0v) is 10.0. The van der Waals surface area contributed by atoms with Gasteiger partial charge >= 0.3 is 11.8 Å². The molecule has 0 saturated carbocycles. The van der Waals surface area contributed by atoms with Crippen LogP contribution in [0.1, 0.15) is 16.9 Å². The molecule has 0 atom stereocenters. The van der Waals surface area contributed by atoms with Gasteiger partial charge in [0.2, 0.25) is 0 Å². The van der Waals surface area contributed by atoms with Gasteiger partial charge in [0.15, 0.2) is 0 Å². The van der Waals surface area contributed by atoms with Crippen LogP contribution in [0.4, 0.5) is 13.2 Å². The molecule has 0 aliphatic carbocycles. The van der Waals surface area contributed by atoms with Crippen LogP contribution in [0.2, 0.25) is 0 Å². The normalized spacial score (nSPS) is 11.9. The summed E-state index contributed by atoms with van der Waals surface area (Å²) >= 11 is 0. The highest BCUT2D eigenvalue weighted by atomic mass is 19.4. The van der Waals surface area contributed by atoms with Gasteiger partial charge < -0.3 is 9.52 Å². The average molecular weight is 282 g/mol. The third-order valence-electron chi connectivity index (χ3n) is 2.45. The summed E-state index contributed by atoms with van der Waals surface area (Å²) in [6.07, 6.45) is -1.53. The summed E-state index contributed by atoms with van der Waals surface area (Å²) in [7, 11) is 0. The molecule has 0 unspecified atom stereocenters. The minimum atomic E-state index is -4.37. The SMILES string of the molecule is O=c1cc(O)cc(/C=C/c2ccc(C(F)(F)F)cc2)o1. The third-order valence-corrected chi connectivity index (χ3v) is 2.45. The summed E-state index contributed by atoms with van der Waals surface area (Å²) in [4.78, 5) is 11.0. The van der Waals surface area contributed by atoms with Crippen molar-refractivity contribution in [3.8, 4) is 5.75 Å². The van der Waals surface area contributed by atoms with Gasteiger partial charge in [0.25, 0.3) is 0 Å². The number of rotatable bonds is 2. The van der Waals surface area contributed by atoms with Gasteiger partial charge in [-0.25, -0.2) is 4.79 Å². The number of halogens is 3. The lowest BCUT2D eigenvalue weighted by Gasteiger charge is -2.05. The number of aromatic hydroxyl groups is 1. The van der Waals surface area contributed by atoms with Crippen LogP contribution in [0.5, 0.6) is 5.75 Å². The highest BCUT2D eigenvalue weighted by molar-refractivity contribution is 5.67. The maximum absolute atomic E-state index is 12.4. The molecule has 1 N–H and O–H groups in total. The molecule has 0 spiro atoms. The molecule has 0 bridgehead atoms. The van der Waals surface area contributed by atoms with Gasteiger partial charge in [0.1, 0.15) is 11.5 Å². The molecule has 1 aromatic heterocycles. The van der Waals surface area contributed by atoms with Crippen LogP contribution in [-0.4, -0.2) is 5.11 Å². The van der Waals surface area contributed by atoms with Gasteiger partial charge in [-0.05, 0) is 23.8 Å². The second-order valence-corrected chi connectivity index (χ2v) is 3.99. The van der Waals surface area contributed by atoms with Crippen molar-refractivity contribution in [3.05, 3.63) is 63.7 Å². The van der Waals surface area contributed by atoms with E-state index in [0.29, 0.717) is 5.56 Å². The molecule has 6 heteroatoms. The zero-order valence-electron chi connectivity index (χ0n) is 10.0. The van der Waals surface area contributed by atoms with Crippen LogP contribution >= 0.6 is 0 Å². The van der Waals surface area contributed by atoms with Crippen molar-refractivity contribution in [3.63, 3.8) is 0 Å². The first kappa shape index (κ1) is 13.9. The van der Waals surface area contributed by atoms with Crippen LogP contribution in [0.25, 0.3) is 12.2 Å². The molecular formula is C14H9F3O3. The highest BCUT2D eigenvalue weighted by Gasteiger charge is 2.29. The van der Waals surface area contributed by atoms with E-state index in [-0.39, 0.29) is 11.5 Å².